The van der Waals surface area contributed by atoms with Crippen LogP contribution in [0.15, 0.2) is 48.5 Å². The van der Waals surface area contributed by atoms with Gasteiger partial charge in [0.2, 0.25) is 5.91 Å². The molecule has 2 aromatic rings. The third-order valence-electron chi connectivity index (χ3n) is 3.53. The van der Waals surface area contributed by atoms with E-state index in [0.717, 1.165) is 11.1 Å². The summed E-state index contributed by atoms with van der Waals surface area (Å²) < 4.78 is 11.3. The number of carbonyl (C=O) groups excluding carboxylic acids is 1. The number of rotatable bonds is 9. The lowest BCUT2D eigenvalue weighted by Gasteiger charge is -2.13. The molecule has 0 unspecified atom stereocenters. The molecule has 0 fully saturated rings. The lowest BCUT2D eigenvalue weighted by Crippen LogP contribution is -2.37. The molecule has 0 radical (unpaired) electrons. The van der Waals surface area contributed by atoms with Crippen molar-refractivity contribution >= 4 is 5.91 Å². The summed E-state index contributed by atoms with van der Waals surface area (Å²) in [5.74, 6) is 1.37. The van der Waals surface area contributed by atoms with E-state index in [2.05, 4.69) is 10.6 Å². The summed E-state index contributed by atoms with van der Waals surface area (Å²) in [5.41, 5.74) is 2.12. The van der Waals surface area contributed by atoms with E-state index in [1.54, 1.807) is 7.11 Å². The van der Waals surface area contributed by atoms with Gasteiger partial charge < -0.3 is 20.1 Å². The van der Waals surface area contributed by atoms with E-state index in [0.29, 0.717) is 24.7 Å². The highest BCUT2D eigenvalue weighted by Crippen LogP contribution is 2.28. The van der Waals surface area contributed by atoms with E-state index < -0.39 is 0 Å². The van der Waals surface area contributed by atoms with Gasteiger partial charge in [0.25, 0.3) is 0 Å². The van der Waals surface area contributed by atoms with E-state index in [-0.39, 0.29) is 18.5 Å². The van der Waals surface area contributed by atoms with Gasteiger partial charge in [-0.25, -0.2) is 0 Å². The van der Waals surface area contributed by atoms with Crippen LogP contribution in [-0.4, -0.2) is 25.6 Å². The number of ether oxygens (including phenoxy) is 2. The van der Waals surface area contributed by atoms with Crippen LogP contribution in [0.5, 0.6) is 11.5 Å². The van der Waals surface area contributed by atoms with Gasteiger partial charge in [-0.1, -0.05) is 36.4 Å². The number of hydrogen-bond acceptors (Lipinski definition) is 4. The average molecular weight is 342 g/mol. The Balaban J connectivity index is 1.93. The topological polar surface area (TPSA) is 59.6 Å². The van der Waals surface area contributed by atoms with Crippen molar-refractivity contribution in [2.45, 2.75) is 33.0 Å². The van der Waals surface area contributed by atoms with Crippen LogP contribution in [0.25, 0.3) is 0 Å². The largest absolute Gasteiger partial charge is 0.493 e. The Bertz CT molecular complexity index is 672. The second kappa shape index (κ2) is 9.69. The van der Waals surface area contributed by atoms with E-state index in [4.69, 9.17) is 9.47 Å². The first-order chi connectivity index (χ1) is 12.1. The normalized spacial score (nSPS) is 10.6. The third-order valence-corrected chi connectivity index (χ3v) is 3.53. The van der Waals surface area contributed by atoms with Crippen LogP contribution in [0.2, 0.25) is 0 Å². The van der Waals surface area contributed by atoms with Gasteiger partial charge in [0, 0.05) is 12.6 Å². The summed E-state index contributed by atoms with van der Waals surface area (Å²) in [7, 11) is 1.62. The molecule has 5 heteroatoms. The quantitative estimate of drug-likeness (QED) is 0.736. The SMILES string of the molecule is COc1ccc(CNCC(=O)NC(C)C)cc1OCc1ccccc1. The molecule has 5 nitrogen and oxygen atoms in total. The highest BCUT2D eigenvalue weighted by molar-refractivity contribution is 5.78. The Morgan fingerprint density at radius 2 is 1.80 bits per heavy atom. The summed E-state index contributed by atoms with van der Waals surface area (Å²) >= 11 is 0. The molecular formula is C20H26N2O3. The first-order valence-electron chi connectivity index (χ1n) is 8.42. The fourth-order valence-electron chi connectivity index (χ4n) is 2.37. The minimum absolute atomic E-state index is 0.0101. The predicted molar refractivity (Wildman–Crippen MR) is 98.8 cm³/mol. The zero-order valence-corrected chi connectivity index (χ0v) is 15.0. The maximum atomic E-state index is 11.7. The van der Waals surface area contributed by atoms with Gasteiger partial charge in [0.1, 0.15) is 6.61 Å². The Labute approximate surface area is 149 Å². The smallest absolute Gasteiger partial charge is 0.234 e. The van der Waals surface area contributed by atoms with Crippen LogP contribution in [0.3, 0.4) is 0 Å². The average Bonchev–Trinajstić information content (AvgIpc) is 2.60. The number of carbonyl (C=O) groups is 1. The lowest BCUT2D eigenvalue weighted by atomic mass is 10.2. The molecule has 0 saturated heterocycles. The van der Waals surface area contributed by atoms with Gasteiger partial charge in [-0.15, -0.1) is 0 Å². The molecule has 134 valence electrons. The van der Waals surface area contributed by atoms with E-state index in [1.807, 2.05) is 62.4 Å². The summed E-state index contributed by atoms with van der Waals surface area (Å²) in [6, 6.07) is 15.9. The van der Waals surface area contributed by atoms with Crippen molar-refractivity contribution in [2.75, 3.05) is 13.7 Å². The Hall–Kier alpha value is -2.53. The summed E-state index contributed by atoms with van der Waals surface area (Å²) in [6.07, 6.45) is 0. The molecule has 25 heavy (non-hydrogen) atoms. The van der Waals surface area contributed by atoms with Crippen LogP contribution in [0, 0.1) is 0 Å². The summed E-state index contributed by atoms with van der Waals surface area (Å²) in [6.45, 7) is 5.22. The Kier molecular flexibility index (Phi) is 7.29. The molecule has 0 aliphatic carbocycles. The molecule has 0 aliphatic rings. The standard InChI is InChI=1S/C20H26N2O3/c1-15(2)22-20(23)13-21-12-17-9-10-18(24-3)19(11-17)25-14-16-7-5-4-6-8-16/h4-11,15,21H,12-14H2,1-3H3,(H,22,23). The van der Waals surface area contributed by atoms with Gasteiger partial charge in [-0.3, -0.25) is 4.79 Å². The second-order valence-corrected chi connectivity index (χ2v) is 6.09. The van der Waals surface area contributed by atoms with E-state index >= 15 is 0 Å². The van der Waals surface area contributed by atoms with Crippen molar-refractivity contribution in [1.29, 1.82) is 0 Å². The zero-order chi connectivity index (χ0) is 18.1. The summed E-state index contributed by atoms with van der Waals surface area (Å²) in [4.78, 5) is 11.7. The van der Waals surface area contributed by atoms with E-state index in [1.165, 1.54) is 0 Å². The molecule has 0 atom stereocenters. The Morgan fingerprint density at radius 1 is 1.04 bits per heavy atom. The molecule has 2 N–H and O–H groups in total. The zero-order valence-electron chi connectivity index (χ0n) is 15.0. The monoisotopic (exact) mass is 342 g/mol. The van der Waals surface area contributed by atoms with Crippen LogP contribution >= 0.6 is 0 Å². The van der Waals surface area contributed by atoms with Crippen LogP contribution in [-0.2, 0) is 17.9 Å². The van der Waals surface area contributed by atoms with Crippen molar-refractivity contribution in [3.05, 3.63) is 59.7 Å². The molecule has 0 bridgehead atoms. The molecule has 0 aliphatic heterocycles. The maximum absolute atomic E-state index is 11.7. The molecule has 0 saturated carbocycles. The van der Waals surface area contributed by atoms with Crippen molar-refractivity contribution in [1.82, 2.24) is 10.6 Å². The highest BCUT2D eigenvalue weighted by atomic mass is 16.5. The molecule has 2 rings (SSSR count). The molecule has 1 amide bonds. The second-order valence-electron chi connectivity index (χ2n) is 6.09. The van der Waals surface area contributed by atoms with Crippen LogP contribution < -0.4 is 20.1 Å². The van der Waals surface area contributed by atoms with Crippen molar-refractivity contribution in [3.63, 3.8) is 0 Å². The van der Waals surface area contributed by atoms with Gasteiger partial charge in [-0.05, 0) is 37.1 Å². The number of methoxy groups -OCH3 is 1. The minimum Gasteiger partial charge on any atom is -0.493 e. The van der Waals surface area contributed by atoms with Crippen molar-refractivity contribution < 1.29 is 14.3 Å². The van der Waals surface area contributed by atoms with Crippen LogP contribution in [0.1, 0.15) is 25.0 Å². The summed E-state index contributed by atoms with van der Waals surface area (Å²) in [5, 5.41) is 5.99. The molecule has 2 aromatic carbocycles. The fourth-order valence-corrected chi connectivity index (χ4v) is 2.37. The predicted octanol–water partition coefficient (Wildman–Crippen LogP) is 2.89. The first-order valence-corrected chi connectivity index (χ1v) is 8.42. The minimum atomic E-state index is -0.0101. The highest BCUT2D eigenvalue weighted by Gasteiger charge is 2.07. The maximum Gasteiger partial charge on any atom is 0.234 e. The van der Waals surface area contributed by atoms with Crippen molar-refractivity contribution in [2.24, 2.45) is 0 Å². The molecule has 0 aromatic heterocycles. The fraction of sp³-hybridized carbons (Fsp3) is 0.350. The Morgan fingerprint density at radius 3 is 2.48 bits per heavy atom. The van der Waals surface area contributed by atoms with Gasteiger partial charge >= 0.3 is 0 Å². The molecular weight excluding hydrogens is 316 g/mol. The lowest BCUT2D eigenvalue weighted by molar-refractivity contribution is -0.120. The number of benzene rings is 2. The molecule has 0 heterocycles. The third kappa shape index (κ3) is 6.47. The van der Waals surface area contributed by atoms with Gasteiger partial charge in [-0.2, -0.15) is 0 Å². The van der Waals surface area contributed by atoms with E-state index in [9.17, 15) is 4.79 Å². The van der Waals surface area contributed by atoms with Gasteiger partial charge in [0.05, 0.1) is 13.7 Å². The van der Waals surface area contributed by atoms with Crippen LogP contribution in [0.4, 0.5) is 0 Å². The van der Waals surface area contributed by atoms with Gasteiger partial charge in [0.15, 0.2) is 11.5 Å². The molecule has 0 spiro atoms. The number of hydrogen-bond donors (Lipinski definition) is 2. The van der Waals surface area contributed by atoms with Crippen molar-refractivity contribution in [3.8, 4) is 11.5 Å². The number of nitrogens with one attached hydrogen (secondary N) is 2. The first kappa shape index (κ1) is 18.8. The number of amides is 1.